The van der Waals surface area contributed by atoms with E-state index in [-0.39, 0.29) is 16.8 Å². The highest BCUT2D eigenvalue weighted by Crippen LogP contribution is 2.41. The van der Waals surface area contributed by atoms with Gasteiger partial charge in [-0.3, -0.25) is 4.79 Å². The lowest BCUT2D eigenvalue weighted by Crippen LogP contribution is -2.38. The molecule has 15 heavy (non-hydrogen) atoms. The molecular formula is C13H26O2. The zero-order chi connectivity index (χ0) is 12.3. The molecule has 0 aromatic carbocycles. The van der Waals surface area contributed by atoms with Gasteiger partial charge < -0.3 is 4.74 Å². The maximum atomic E-state index is 11.8. The van der Waals surface area contributed by atoms with E-state index in [0.717, 1.165) is 12.8 Å². The predicted molar refractivity (Wildman–Crippen MR) is 63.7 cm³/mol. The van der Waals surface area contributed by atoms with Crippen molar-refractivity contribution in [3.63, 3.8) is 0 Å². The largest absolute Gasteiger partial charge is 0.469 e. The van der Waals surface area contributed by atoms with Crippen molar-refractivity contribution in [2.75, 3.05) is 7.11 Å². The Kier molecular flexibility index (Phi) is 4.82. The number of carbonyl (C=O) groups excluding carboxylic acids is 1. The standard InChI is InChI=1S/C13H26O2/c1-8-12(4,5)9-13(6,10(2)3)11(14)15-7/h10H,8-9H2,1-7H3. The van der Waals surface area contributed by atoms with Gasteiger partial charge >= 0.3 is 5.97 Å². The van der Waals surface area contributed by atoms with Crippen LogP contribution >= 0.6 is 0 Å². The third-order valence-corrected chi connectivity index (χ3v) is 3.73. The number of methoxy groups -OCH3 is 1. The van der Waals surface area contributed by atoms with Gasteiger partial charge in [-0.15, -0.1) is 0 Å². The van der Waals surface area contributed by atoms with E-state index in [0.29, 0.717) is 5.92 Å². The van der Waals surface area contributed by atoms with Crippen LogP contribution in [0, 0.1) is 16.7 Å². The summed E-state index contributed by atoms with van der Waals surface area (Å²) in [6, 6.07) is 0. The third-order valence-electron chi connectivity index (χ3n) is 3.73. The van der Waals surface area contributed by atoms with Gasteiger partial charge in [0.2, 0.25) is 0 Å². The smallest absolute Gasteiger partial charge is 0.311 e. The molecule has 2 heteroatoms. The fourth-order valence-electron chi connectivity index (χ4n) is 1.86. The molecule has 0 heterocycles. The summed E-state index contributed by atoms with van der Waals surface area (Å²) in [5.74, 6) is 0.217. The van der Waals surface area contributed by atoms with Gasteiger partial charge in [-0.05, 0) is 24.7 Å². The fraction of sp³-hybridized carbons (Fsp3) is 0.923. The summed E-state index contributed by atoms with van der Waals surface area (Å²) in [5, 5.41) is 0. The van der Waals surface area contributed by atoms with E-state index in [2.05, 4.69) is 34.6 Å². The van der Waals surface area contributed by atoms with E-state index in [9.17, 15) is 4.79 Å². The van der Waals surface area contributed by atoms with Crippen LogP contribution in [0.3, 0.4) is 0 Å². The number of hydrogen-bond acceptors (Lipinski definition) is 2. The van der Waals surface area contributed by atoms with Crippen molar-refractivity contribution in [2.45, 2.75) is 54.4 Å². The van der Waals surface area contributed by atoms with Crippen molar-refractivity contribution >= 4 is 5.97 Å². The van der Waals surface area contributed by atoms with Crippen LogP contribution < -0.4 is 0 Å². The second-order valence-electron chi connectivity index (χ2n) is 5.76. The Morgan fingerprint density at radius 2 is 1.73 bits per heavy atom. The van der Waals surface area contributed by atoms with E-state index in [1.54, 1.807) is 0 Å². The maximum Gasteiger partial charge on any atom is 0.311 e. The molecule has 0 saturated carbocycles. The molecule has 0 bridgehead atoms. The molecule has 0 aromatic heterocycles. The number of esters is 1. The minimum absolute atomic E-state index is 0.0842. The molecule has 0 aliphatic carbocycles. The molecule has 1 unspecified atom stereocenters. The number of carbonyl (C=O) groups is 1. The lowest BCUT2D eigenvalue weighted by Gasteiger charge is -2.37. The van der Waals surface area contributed by atoms with Crippen LogP contribution in [0.2, 0.25) is 0 Å². The Morgan fingerprint density at radius 3 is 2.00 bits per heavy atom. The van der Waals surface area contributed by atoms with E-state index < -0.39 is 0 Å². The first-order valence-electron chi connectivity index (χ1n) is 5.78. The van der Waals surface area contributed by atoms with Gasteiger partial charge in [0.15, 0.2) is 0 Å². The molecule has 90 valence electrons. The number of ether oxygens (including phenoxy) is 1. The van der Waals surface area contributed by atoms with Crippen molar-refractivity contribution < 1.29 is 9.53 Å². The predicted octanol–water partition coefficient (Wildman–Crippen LogP) is 3.65. The third kappa shape index (κ3) is 3.51. The topological polar surface area (TPSA) is 26.3 Å². The maximum absolute atomic E-state index is 11.8. The van der Waals surface area contributed by atoms with Gasteiger partial charge in [-0.1, -0.05) is 41.0 Å². The number of hydrogen-bond donors (Lipinski definition) is 0. The van der Waals surface area contributed by atoms with Crippen LogP contribution in [0.25, 0.3) is 0 Å². The first kappa shape index (κ1) is 14.5. The van der Waals surface area contributed by atoms with E-state index in [1.165, 1.54) is 7.11 Å². The summed E-state index contributed by atoms with van der Waals surface area (Å²) >= 11 is 0. The van der Waals surface area contributed by atoms with Crippen molar-refractivity contribution in [3.05, 3.63) is 0 Å². The van der Waals surface area contributed by atoms with Crippen molar-refractivity contribution in [1.29, 1.82) is 0 Å². The molecule has 0 N–H and O–H groups in total. The molecule has 0 rings (SSSR count). The average molecular weight is 214 g/mol. The van der Waals surface area contributed by atoms with Crippen LogP contribution in [0.1, 0.15) is 54.4 Å². The highest BCUT2D eigenvalue weighted by Gasteiger charge is 2.41. The minimum atomic E-state index is -0.367. The molecule has 0 aliphatic rings. The van der Waals surface area contributed by atoms with Gasteiger partial charge in [0, 0.05) is 0 Å². The lowest BCUT2D eigenvalue weighted by atomic mass is 9.67. The lowest BCUT2D eigenvalue weighted by molar-refractivity contribution is -0.157. The SMILES string of the molecule is CCC(C)(C)CC(C)(C(=O)OC)C(C)C. The first-order valence-corrected chi connectivity index (χ1v) is 5.78. The summed E-state index contributed by atoms with van der Waals surface area (Å²) in [7, 11) is 1.47. The zero-order valence-electron chi connectivity index (χ0n) is 11.3. The quantitative estimate of drug-likeness (QED) is 0.653. The Balaban J connectivity index is 4.90. The highest BCUT2D eigenvalue weighted by atomic mass is 16.5. The molecular weight excluding hydrogens is 188 g/mol. The van der Waals surface area contributed by atoms with Crippen LogP contribution in [0.5, 0.6) is 0 Å². The Labute approximate surface area is 94.4 Å². The minimum Gasteiger partial charge on any atom is -0.469 e. The monoisotopic (exact) mass is 214 g/mol. The van der Waals surface area contributed by atoms with Crippen LogP contribution in [0.15, 0.2) is 0 Å². The van der Waals surface area contributed by atoms with Gasteiger partial charge in [0.05, 0.1) is 12.5 Å². The van der Waals surface area contributed by atoms with Crippen molar-refractivity contribution in [3.8, 4) is 0 Å². The Bertz CT molecular complexity index is 219. The van der Waals surface area contributed by atoms with Crippen molar-refractivity contribution in [2.24, 2.45) is 16.7 Å². The van der Waals surface area contributed by atoms with E-state index >= 15 is 0 Å². The van der Waals surface area contributed by atoms with Gasteiger partial charge in [-0.25, -0.2) is 0 Å². The summed E-state index contributed by atoms with van der Waals surface area (Å²) < 4.78 is 4.93. The van der Waals surface area contributed by atoms with Gasteiger partial charge in [-0.2, -0.15) is 0 Å². The average Bonchev–Trinajstić information content (AvgIpc) is 2.15. The molecule has 2 nitrogen and oxygen atoms in total. The van der Waals surface area contributed by atoms with E-state index in [4.69, 9.17) is 4.74 Å². The summed E-state index contributed by atoms with van der Waals surface area (Å²) in [6.07, 6.45) is 1.95. The molecule has 0 amide bonds. The summed E-state index contributed by atoms with van der Waals surface area (Å²) in [5.41, 5.74) is -0.179. The van der Waals surface area contributed by atoms with Crippen LogP contribution in [0.4, 0.5) is 0 Å². The molecule has 0 radical (unpaired) electrons. The van der Waals surface area contributed by atoms with Gasteiger partial charge in [0.1, 0.15) is 0 Å². The normalized spacial score (nSPS) is 16.3. The molecule has 0 saturated heterocycles. The Hall–Kier alpha value is -0.530. The van der Waals surface area contributed by atoms with Crippen molar-refractivity contribution in [1.82, 2.24) is 0 Å². The van der Waals surface area contributed by atoms with Gasteiger partial charge in [0.25, 0.3) is 0 Å². The second kappa shape index (κ2) is 5.00. The Morgan fingerprint density at radius 1 is 1.27 bits per heavy atom. The highest BCUT2D eigenvalue weighted by molar-refractivity contribution is 5.76. The first-order chi connectivity index (χ1) is 6.69. The molecule has 0 aliphatic heterocycles. The number of rotatable bonds is 5. The molecule has 0 fully saturated rings. The molecule has 0 spiro atoms. The summed E-state index contributed by atoms with van der Waals surface area (Å²) in [6.45, 7) is 12.8. The van der Waals surface area contributed by atoms with Crippen LogP contribution in [-0.4, -0.2) is 13.1 Å². The fourth-order valence-corrected chi connectivity index (χ4v) is 1.86. The summed E-state index contributed by atoms with van der Waals surface area (Å²) in [4.78, 5) is 11.8. The molecule has 0 aromatic rings. The zero-order valence-corrected chi connectivity index (χ0v) is 11.3. The van der Waals surface area contributed by atoms with E-state index in [1.807, 2.05) is 6.92 Å². The second-order valence-corrected chi connectivity index (χ2v) is 5.76. The van der Waals surface area contributed by atoms with Crippen LogP contribution in [-0.2, 0) is 9.53 Å². The molecule has 1 atom stereocenters.